The molecule has 0 aliphatic carbocycles. The van der Waals surface area contributed by atoms with Gasteiger partial charge in [-0.3, -0.25) is 24.1 Å². The lowest BCUT2D eigenvalue weighted by atomic mass is 9.89. The van der Waals surface area contributed by atoms with Gasteiger partial charge in [-0.2, -0.15) is 0 Å². The van der Waals surface area contributed by atoms with E-state index in [0.29, 0.717) is 18.5 Å². The first-order valence-corrected chi connectivity index (χ1v) is 19.0. The summed E-state index contributed by atoms with van der Waals surface area (Å²) in [6.07, 6.45) is 0.148. The molecular formula is C40H69N5O7. The zero-order valence-electron chi connectivity index (χ0n) is 34.1. The summed E-state index contributed by atoms with van der Waals surface area (Å²) in [4.78, 5) is 60.6. The third-order valence-corrected chi connectivity index (χ3v) is 10.9. The summed E-state index contributed by atoms with van der Waals surface area (Å²) in [5.41, 5.74) is 0.711. The summed E-state index contributed by atoms with van der Waals surface area (Å²) < 4.78 is 11.9. The SMILES string of the molecule is CC[C@H](C)C(C(CC(=O)N1CCC[C@H]1C(OC)C(C)C(=O)N[C@H](C)C(O)c1ccccc1)OC)N(C)C(=O)[C@@H](NC(=O)C(C(C)C)N(C)C)C(C)C. The lowest BCUT2D eigenvalue weighted by Gasteiger charge is -2.41. The van der Waals surface area contributed by atoms with Gasteiger partial charge >= 0.3 is 0 Å². The van der Waals surface area contributed by atoms with E-state index >= 15 is 0 Å². The lowest BCUT2D eigenvalue weighted by molar-refractivity contribution is -0.148. The standard InChI is InChI=1S/C40H69N5O7/c1-14-26(6)35(44(11)40(50)33(24(2)3)42-39(49)34(25(4)5)43(9)10)31(51-12)23-32(46)45-22-18-21-30(45)37(52-13)27(7)38(48)41-28(8)36(47)29-19-16-15-17-20-29/h15-17,19-20,24-28,30-31,33-37,47H,14,18,21-23H2,1-13H3,(H,41,48)(H,42,49)/t26-,27?,28+,30-,31?,33-,34?,35?,36?,37?/m0/s1. The maximum Gasteiger partial charge on any atom is 0.245 e. The Morgan fingerprint density at radius 1 is 0.904 bits per heavy atom. The van der Waals surface area contributed by atoms with E-state index in [1.54, 1.807) is 44.9 Å². The highest BCUT2D eigenvalue weighted by molar-refractivity contribution is 5.90. The molecule has 0 spiro atoms. The highest BCUT2D eigenvalue weighted by atomic mass is 16.5. The smallest absolute Gasteiger partial charge is 0.245 e. The van der Waals surface area contributed by atoms with Gasteiger partial charge in [-0.1, -0.05) is 85.2 Å². The van der Waals surface area contributed by atoms with Crippen LogP contribution in [0.1, 0.15) is 92.7 Å². The molecule has 0 aromatic heterocycles. The van der Waals surface area contributed by atoms with Crippen molar-refractivity contribution < 1.29 is 33.8 Å². The van der Waals surface area contributed by atoms with Gasteiger partial charge in [-0.15, -0.1) is 0 Å². The molecule has 296 valence electrons. The van der Waals surface area contributed by atoms with E-state index in [4.69, 9.17) is 9.47 Å². The van der Waals surface area contributed by atoms with Crippen molar-refractivity contribution in [3.63, 3.8) is 0 Å². The van der Waals surface area contributed by atoms with Crippen molar-refractivity contribution in [2.24, 2.45) is 23.7 Å². The molecule has 0 bridgehead atoms. The second-order valence-electron chi connectivity index (χ2n) is 15.6. The topological polar surface area (TPSA) is 141 Å². The zero-order chi connectivity index (χ0) is 39.4. The van der Waals surface area contributed by atoms with Crippen molar-refractivity contribution in [1.82, 2.24) is 25.3 Å². The summed E-state index contributed by atoms with van der Waals surface area (Å²) in [6, 6.07) is 6.72. The molecule has 1 aromatic carbocycles. The number of carbonyl (C=O) groups is 4. The average Bonchev–Trinajstić information content (AvgIpc) is 3.59. The summed E-state index contributed by atoms with van der Waals surface area (Å²) in [5.74, 6) is -1.57. The molecule has 6 unspecified atom stereocenters. The van der Waals surface area contributed by atoms with Crippen LogP contribution < -0.4 is 10.6 Å². The van der Waals surface area contributed by atoms with E-state index in [2.05, 4.69) is 10.6 Å². The van der Waals surface area contributed by atoms with Crippen LogP contribution >= 0.6 is 0 Å². The third kappa shape index (κ3) is 11.5. The average molecular weight is 732 g/mol. The van der Waals surface area contributed by atoms with E-state index in [1.165, 1.54) is 0 Å². The Hall–Kier alpha value is -3.06. The van der Waals surface area contributed by atoms with Crippen LogP contribution in [0.25, 0.3) is 0 Å². The first kappa shape index (κ1) is 45.1. The maximum absolute atomic E-state index is 14.2. The molecule has 10 atom stereocenters. The van der Waals surface area contributed by atoms with Gasteiger partial charge in [0.2, 0.25) is 23.6 Å². The molecule has 3 N–H and O–H groups in total. The fraction of sp³-hybridized carbons (Fsp3) is 0.750. The van der Waals surface area contributed by atoms with Gasteiger partial charge in [-0.25, -0.2) is 0 Å². The van der Waals surface area contributed by atoms with E-state index in [9.17, 15) is 24.3 Å². The van der Waals surface area contributed by atoms with Crippen molar-refractivity contribution in [1.29, 1.82) is 0 Å². The van der Waals surface area contributed by atoms with Crippen molar-refractivity contribution in [2.75, 3.05) is 41.9 Å². The summed E-state index contributed by atoms with van der Waals surface area (Å²) in [5, 5.41) is 16.8. The van der Waals surface area contributed by atoms with Gasteiger partial charge in [0.15, 0.2) is 0 Å². The summed E-state index contributed by atoms with van der Waals surface area (Å²) in [6.45, 7) is 16.0. The number of hydrogen-bond acceptors (Lipinski definition) is 8. The molecule has 1 aromatic rings. The number of hydrogen-bond donors (Lipinski definition) is 3. The van der Waals surface area contributed by atoms with Gasteiger partial charge in [-0.05, 0) is 57.2 Å². The van der Waals surface area contributed by atoms with Gasteiger partial charge in [0.1, 0.15) is 6.04 Å². The number of nitrogens with zero attached hydrogens (tertiary/aromatic N) is 3. The number of aliphatic hydroxyl groups excluding tert-OH is 1. The van der Waals surface area contributed by atoms with Crippen molar-refractivity contribution in [2.45, 2.75) is 130 Å². The molecule has 4 amide bonds. The number of benzene rings is 1. The second-order valence-corrected chi connectivity index (χ2v) is 15.6. The minimum absolute atomic E-state index is 0.0153. The molecule has 1 fully saturated rings. The van der Waals surface area contributed by atoms with Crippen LogP contribution in [-0.2, 0) is 28.7 Å². The fourth-order valence-electron chi connectivity index (χ4n) is 7.78. The van der Waals surface area contributed by atoms with Gasteiger partial charge < -0.3 is 35.0 Å². The normalized spacial score (nSPS) is 20.1. The van der Waals surface area contributed by atoms with Crippen LogP contribution in [0.5, 0.6) is 0 Å². The molecule has 1 heterocycles. The second kappa shape index (κ2) is 21.0. The Labute approximate surface area is 313 Å². The lowest BCUT2D eigenvalue weighted by Crippen LogP contribution is -2.59. The van der Waals surface area contributed by atoms with E-state index in [-0.39, 0.29) is 53.8 Å². The van der Waals surface area contributed by atoms with E-state index in [0.717, 1.165) is 12.8 Å². The first-order valence-electron chi connectivity index (χ1n) is 19.0. The Balaban J connectivity index is 2.25. The van der Waals surface area contributed by atoms with Crippen LogP contribution in [0.2, 0.25) is 0 Å². The number of methoxy groups -OCH3 is 2. The monoisotopic (exact) mass is 732 g/mol. The number of ether oxygens (including phenoxy) is 2. The minimum atomic E-state index is -0.876. The van der Waals surface area contributed by atoms with Gasteiger partial charge in [0.25, 0.3) is 0 Å². The van der Waals surface area contributed by atoms with Gasteiger partial charge in [0, 0.05) is 27.8 Å². The Morgan fingerprint density at radius 2 is 1.52 bits per heavy atom. The maximum atomic E-state index is 14.2. The van der Waals surface area contributed by atoms with E-state index in [1.807, 2.05) is 90.9 Å². The number of amides is 4. The summed E-state index contributed by atoms with van der Waals surface area (Å²) >= 11 is 0. The number of aliphatic hydroxyl groups is 1. The highest BCUT2D eigenvalue weighted by Crippen LogP contribution is 2.30. The van der Waals surface area contributed by atoms with Crippen molar-refractivity contribution >= 4 is 23.6 Å². The molecule has 12 nitrogen and oxygen atoms in total. The molecule has 52 heavy (non-hydrogen) atoms. The van der Waals surface area contributed by atoms with Crippen LogP contribution in [0.15, 0.2) is 30.3 Å². The van der Waals surface area contributed by atoms with Crippen molar-refractivity contribution in [3.8, 4) is 0 Å². The van der Waals surface area contributed by atoms with Crippen molar-refractivity contribution in [3.05, 3.63) is 35.9 Å². The van der Waals surface area contributed by atoms with Gasteiger partial charge in [0.05, 0.1) is 54.8 Å². The minimum Gasteiger partial charge on any atom is -0.386 e. The molecule has 0 radical (unpaired) electrons. The largest absolute Gasteiger partial charge is 0.386 e. The summed E-state index contributed by atoms with van der Waals surface area (Å²) in [7, 11) is 8.57. The number of carbonyl (C=O) groups excluding carboxylic acids is 4. The quantitative estimate of drug-likeness (QED) is 0.184. The molecule has 0 saturated carbocycles. The number of nitrogens with one attached hydrogen (secondary N) is 2. The zero-order valence-corrected chi connectivity index (χ0v) is 34.1. The number of rotatable bonds is 20. The predicted molar refractivity (Wildman–Crippen MR) is 204 cm³/mol. The first-order chi connectivity index (χ1) is 24.4. The molecule has 1 saturated heterocycles. The Bertz CT molecular complexity index is 1270. The molecule has 2 rings (SSSR count). The molecule has 1 aliphatic rings. The predicted octanol–water partition coefficient (Wildman–Crippen LogP) is 3.87. The fourth-order valence-corrected chi connectivity index (χ4v) is 7.78. The van der Waals surface area contributed by atoms with E-state index < -0.39 is 48.4 Å². The number of likely N-dealkylation sites (N-methyl/N-ethyl adjacent to an activating group) is 2. The Kier molecular flexibility index (Phi) is 18.2. The van der Waals surface area contributed by atoms with Crippen LogP contribution in [0.3, 0.4) is 0 Å². The van der Waals surface area contributed by atoms with Crippen LogP contribution in [0, 0.1) is 23.7 Å². The molecular weight excluding hydrogens is 662 g/mol. The third-order valence-electron chi connectivity index (χ3n) is 10.9. The molecule has 1 aliphatic heterocycles. The number of likely N-dealkylation sites (tertiary alicyclic amines) is 1. The highest BCUT2D eigenvalue weighted by Gasteiger charge is 2.43. The Morgan fingerprint density at radius 3 is 2.02 bits per heavy atom. The van der Waals surface area contributed by atoms with Crippen LogP contribution in [0.4, 0.5) is 0 Å². The molecule has 12 heteroatoms. The van der Waals surface area contributed by atoms with Crippen LogP contribution in [-0.4, -0.2) is 128 Å².